The Bertz CT molecular complexity index is 795. The predicted molar refractivity (Wildman–Crippen MR) is 112 cm³/mol. The third kappa shape index (κ3) is 4.82. The fourth-order valence-electron chi connectivity index (χ4n) is 2.86. The van der Waals surface area contributed by atoms with Crippen LogP contribution in [0.3, 0.4) is 0 Å². The highest BCUT2D eigenvalue weighted by atomic mass is 32.1. The minimum Gasteiger partial charge on any atom is -0.365 e. The van der Waals surface area contributed by atoms with Gasteiger partial charge in [-0.25, -0.2) is 4.98 Å². The Balaban J connectivity index is 1.65. The molecule has 3 aromatic rings. The summed E-state index contributed by atoms with van der Waals surface area (Å²) in [5.74, 6) is 1.69. The molecule has 0 saturated heterocycles. The zero-order valence-electron chi connectivity index (χ0n) is 15.5. The van der Waals surface area contributed by atoms with Crippen LogP contribution in [0.4, 0.5) is 11.8 Å². The summed E-state index contributed by atoms with van der Waals surface area (Å²) in [6, 6.07) is 16.8. The Morgan fingerprint density at radius 3 is 2.46 bits per heavy atom. The van der Waals surface area contributed by atoms with E-state index in [-0.39, 0.29) is 0 Å². The van der Waals surface area contributed by atoms with Crippen molar-refractivity contribution in [3.8, 4) is 10.4 Å². The van der Waals surface area contributed by atoms with Crippen molar-refractivity contribution in [3.05, 3.63) is 59.6 Å². The molecule has 2 aromatic heterocycles. The highest BCUT2D eigenvalue weighted by Crippen LogP contribution is 2.28. The third-order valence-corrected chi connectivity index (χ3v) is 5.21. The van der Waals surface area contributed by atoms with Gasteiger partial charge in [0.2, 0.25) is 5.95 Å². The fraction of sp³-hybridized carbons (Fsp3) is 0.333. The highest BCUT2D eigenvalue weighted by molar-refractivity contribution is 7.15. The molecule has 0 bridgehead atoms. The average molecular weight is 367 g/mol. The molecule has 1 N–H and O–H groups in total. The molecule has 3 rings (SSSR count). The molecule has 0 atom stereocenters. The van der Waals surface area contributed by atoms with E-state index in [1.54, 1.807) is 0 Å². The van der Waals surface area contributed by atoms with Crippen LogP contribution in [0.1, 0.15) is 31.6 Å². The molecular formula is C21H26N4S. The topological polar surface area (TPSA) is 41.1 Å². The SMILES string of the molecule is CCCN(CCC)c1nccc(NCc2ccc(-c3ccccc3)s2)n1. The first-order chi connectivity index (χ1) is 12.8. The van der Waals surface area contributed by atoms with Gasteiger partial charge in [-0.15, -0.1) is 11.3 Å². The van der Waals surface area contributed by atoms with Crippen molar-refractivity contribution >= 4 is 23.1 Å². The molecule has 0 saturated carbocycles. The monoisotopic (exact) mass is 366 g/mol. The van der Waals surface area contributed by atoms with Gasteiger partial charge in [0.05, 0.1) is 6.54 Å². The molecule has 2 heterocycles. The summed E-state index contributed by atoms with van der Waals surface area (Å²) < 4.78 is 0. The van der Waals surface area contributed by atoms with Crippen molar-refractivity contribution in [1.29, 1.82) is 0 Å². The number of thiophene rings is 1. The highest BCUT2D eigenvalue weighted by Gasteiger charge is 2.09. The molecule has 1 aromatic carbocycles. The lowest BCUT2D eigenvalue weighted by molar-refractivity contribution is 0.721. The van der Waals surface area contributed by atoms with Gasteiger partial charge in [-0.3, -0.25) is 0 Å². The van der Waals surface area contributed by atoms with Crippen molar-refractivity contribution in [2.45, 2.75) is 33.2 Å². The van der Waals surface area contributed by atoms with E-state index in [1.165, 1.54) is 15.3 Å². The van der Waals surface area contributed by atoms with Crippen LogP contribution in [-0.4, -0.2) is 23.1 Å². The van der Waals surface area contributed by atoms with Crippen molar-refractivity contribution in [2.75, 3.05) is 23.3 Å². The molecule has 5 heteroatoms. The van der Waals surface area contributed by atoms with Crippen molar-refractivity contribution in [2.24, 2.45) is 0 Å². The summed E-state index contributed by atoms with van der Waals surface area (Å²) in [6.45, 7) is 7.12. The van der Waals surface area contributed by atoms with Crippen LogP contribution >= 0.6 is 11.3 Å². The van der Waals surface area contributed by atoms with E-state index in [0.717, 1.165) is 44.2 Å². The molecule has 136 valence electrons. The molecule has 0 aliphatic heterocycles. The summed E-state index contributed by atoms with van der Waals surface area (Å²) in [7, 11) is 0. The first kappa shape index (κ1) is 18.4. The molecular weight excluding hydrogens is 340 g/mol. The Hall–Kier alpha value is -2.40. The molecule has 0 spiro atoms. The van der Waals surface area contributed by atoms with Gasteiger partial charge in [0, 0.05) is 29.0 Å². The quantitative estimate of drug-likeness (QED) is 0.547. The van der Waals surface area contributed by atoms with Gasteiger partial charge in [-0.1, -0.05) is 44.2 Å². The van der Waals surface area contributed by atoms with Crippen LogP contribution in [0, 0.1) is 0 Å². The third-order valence-electron chi connectivity index (χ3n) is 4.08. The number of hydrogen-bond acceptors (Lipinski definition) is 5. The Kier molecular flexibility index (Phi) is 6.61. The van der Waals surface area contributed by atoms with Crippen LogP contribution in [0.2, 0.25) is 0 Å². The van der Waals surface area contributed by atoms with Crippen molar-refractivity contribution in [1.82, 2.24) is 9.97 Å². The van der Waals surface area contributed by atoms with E-state index in [4.69, 9.17) is 4.98 Å². The Morgan fingerprint density at radius 1 is 0.962 bits per heavy atom. The van der Waals surface area contributed by atoms with Gasteiger partial charge >= 0.3 is 0 Å². The van der Waals surface area contributed by atoms with E-state index in [1.807, 2.05) is 29.7 Å². The predicted octanol–water partition coefficient (Wildman–Crippen LogP) is 5.44. The number of nitrogens with one attached hydrogen (secondary N) is 1. The molecule has 0 fully saturated rings. The molecule has 0 aliphatic rings. The minimum atomic E-state index is 0.773. The largest absolute Gasteiger partial charge is 0.365 e. The van der Waals surface area contributed by atoms with E-state index in [0.29, 0.717) is 0 Å². The normalized spacial score (nSPS) is 10.7. The van der Waals surface area contributed by atoms with E-state index >= 15 is 0 Å². The van der Waals surface area contributed by atoms with Crippen LogP contribution in [-0.2, 0) is 6.54 Å². The zero-order valence-corrected chi connectivity index (χ0v) is 16.3. The number of rotatable bonds is 9. The molecule has 0 unspecified atom stereocenters. The Morgan fingerprint density at radius 2 is 1.73 bits per heavy atom. The maximum absolute atomic E-state index is 4.70. The maximum Gasteiger partial charge on any atom is 0.227 e. The van der Waals surface area contributed by atoms with Gasteiger partial charge in [-0.05, 0) is 36.6 Å². The average Bonchev–Trinajstić information content (AvgIpc) is 3.16. The van der Waals surface area contributed by atoms with Crippen LogP contribution < -0.4 is 10.2 Å². The van der Waals surface area contributed by atoms with Crippen molar-refractivity contribution in [3.63, 3.8) is 0 Å². The number of benzene rings is 1. The standard InChI is InChI=1S/C21H26N4S/c1-3-14-25(15-4-2)21-22-13-12-20(24-21)23-16-18-10-11-19(26-18)17-8-6-5-7-9-17/h5-13H,3-4,14-16H2,1-2H3,(H,22,23,24). The second-order valence-electron chi connectivity index (χ2n) is 6.21. The van der Waals surface area contributed by atoms with E-state index in [2.05, 4.69) is 65.4 Å². The fourth-order valence-corrected chi connectivity index (χ4v) is 3.81. The maximum atomic E-state index is 4.70. The lowest BCUT2D eigenvalue weighted by Crippen LogP contribution is -2.27. The van der Waals surface area contributed by atoms with Crippen LogP contribution in [0.5, 0.6) is 0 Å². The summed E-state index contributed by atoms with van der Waals surface area (Å²) in [5.41, 5.74) is 1.27. The van der Waals surface area contributed by atoms with Gasteiger partial charge in [0.1, 0.15) is 5.82 Å². The van der Waals surface area contributed by atoms with Gasteiger partial charge in [-0.2, -0.15) is 4.98 Å². The summed E-state index contributed by atoms with van der Waals surface area (Å²) in [4.78, 5) is 14.0. The molecule has 26 heavy (non-hydrogen) atoms. The minimum absolute atomic E-state index is 0.773. The van der Waals surface area contributed by atoms with Crippen LogP contribution in [0.25, 0.3) is 10.4 Å². The van der Waals surface area contributed by atoms with E-state index in [9.17, 15) is 0 Å². The first-order valence-corrected chi connectivity index (χ1v) is 10.1. The molecule has 0 aliphatic carbocycles. The number of aromatic nitrogens is 2. The number of anilines is 2. The van der Waals surface area contributed by atoms with E-state index < -0.39 is 0 Å². The number of hydrogen-bond donors (Lipinski definition) is 1. The van der Waals surface area contributed by atoms with Crippen LogP contribution in [0.15, 0.2) is 54.7 Å². The van der Waals surface area contributed by atoms with Crippen molar-refractivity contribution < 1.29 is 0 Å². The molecule has 0 radical (unpaired) electrons. The second-order valence-corrected chi connectivity index (χ2v) is 7.38. The van der Waals surface area contributed by atoms with Gasteiger partial charge < -0.3 is 10.2 Å². The summed E-state index contributed by atoms with van der Waals surface area (Å²) in [5, 5.41) is 3.44. The second kappa shape index (κ2) is 9.34. The molecule has 4 nitrogen and oxygen atoms in total. The van der Waals surface area contributed by atoms with Gasteiger partial charge in [0.15, 0.2) is 0 Å². The molecule has 0 amide bonds. The lowest BCUT2D eigenvalue weighted by atomic mass is 10.2. The Labute approximate surface area is 159 Å². The summed E-state index contributed by atoms with van der Waals surface area (Å²) in [6.07, 6.45) is 4.03. The zero-order chi connectivity index (χ0) is 18.2. The number of nitrogens with zero attached hydrogens (tertiary/aromatic N) is 3. The van der Waals surface area contributed by atoms with Gasteiger partial charge in [0.25, 0.3) is 0 Å². The smallest absolute Gasteiger partial charge is 0.227 e. The first-order valence-electron chi connectivity index (χ1n) is 9.26. The lowest BCUT2D eigenvalue weighted by Gasteiger charge is -2.21. The summed E-state index contributed by atoms with van der Waals surface area (Å²) >= 11 is 1.82.